The van der Waals surface area contributed by atoms with Gasteiger partial charge in [0.05, 0.1) is 8.80 Å². The molecule has 0 radical (unpaired) electrons. The molecule has 0 spiro atoms. The van der Waals surface area contributed by atoms with Crippen LogP contribution in [0.4, 0.5) is 0 Å². The van der Waals surface area contributed by atoms with Gasteiger partial charge in [-0.1, -0.05) is 42.9 Å². The highest BCUT2D eigenvalue weighted by Gasteiger charge is 2.13. The van der Waals surface area contributed by atoms with Crippen LogP contribution < -0.4 is 0 Å². The second kappa shape index (κ2) is 3.40. The summed E-state index contributed by atoms with van der Waals surface area (Å²) in [6.07, 6.45) is 3.63. The fourth-order valence-corrected chi connectivity index (χ4v) is 3.11. The van der Waals surface area contributed by atoms with Crippen LogP contribution in [-0.4, -0.2) is 8.80 Å². The minimum Gasteiger partial charge on any atom is -0.0932 e. The molecule has 0 amide bonds. The molecule has 1 unspecified atom stereocenters. The molecule has 0 aromatic carbocycles. The van der Waals surface area contributed by atoms with E-state index in [1.807, 2.05) is 0 Å². The molecule has 1 heterocycles. The largest absolute Gasteiger partial charge is 0.0932 e. The molecule has 0 bridgehead atoms. The Hall–Kier alpha value is -0.303. The Morgan fingerprint density at radius 3 is 2.45 bits per heavy atom. The van der Waals surface area contributed by atoms with Gasteiger partial charge >= 0.3 is 0 Å². The van der Waals surface area contributed by atoms with Crippen molar-refractivity contribution >= 4 is 8.80 Å². The van der Waals surface area contributed by atoms with Crippen LogP contribution in [0.5, 0.6) is 0 Å². The van der Waals surface area contributed by atoms with Crippen LogP contribution in [-0.2, 0) is 0 Å². The standard InChI is InChI=1S/C10H18Si/c1-8(2)7-10-5-6-11(4)9(10)3/h5-6,8,11H,7H2,1-4H3. The zero-order chi connectivity index (χ0) is 8.43. The molecule has 1 heteroatoms. The molecular formula is C10H18Si. The summed E-state index contributed by atoms with van der Waals surface area (Å²) in [6.45, 7) is 9.30. The quantitative estimate of drug-likeness (QED) is 0.553. The van der Waals surface area contributed by atoms with Gasteiger partial charge in [-0.25, -0.2) is 0 Å². The van der Waals surface area contributed by atoms with Crippen LogP contribution in [0.15, 0.2) is 22.5 Å². The molecule has 1 atom stereocenters. The maximum absolute atomic E-state index is 2.44. The van der Waals surface area contributed by atoms with E-state index in [-0.39, 0.29) is 0 Å². The molecule has 11 heavy (non-hydrogen) atoms. The first-order chi connectivity index (χ1) is 5.11. The highest BCUT2D eigenvalue weighted by atomic mass is 28.3. The van der Waals surface area contributed by atoms with Crippen molar-refractivity contribution < 1.29 is 0 Å². The maximum atomic E-state index is 2.44. The molecule has 0 saturated heterocycles. The Morgan fingerprint density at radius 2 is 2.09 bits per heavy atom. The Bertz CT molecular complexity index is 199. The number of rotatable bonds is 2. The van der Waals surface area contributed by atoms with Gasteiger partial charge in [0, 0.05) is 0 Å². The predicted octanol–water partition coefficient (Wildman–Crippen LogP) is 2.85. The fraction of sp³-hybridized carbons (Fsp3) is 0.600. The third-order valence-electron chi connectivity index (χ3n) is 2.40. The van der Waals surface area contributed by atoms with Crippen molar-refractivity contribution in [3.8, 4) is 0 Å². The number of allylic oxidation sites excluding steroid dienone is 3. The summed E-state index contributed by atoms with van der Waals surface area (Å²) in [7, 11) is -0.561. The average molecular weight is 166 g/mol. The predicted molar refractivity (Wildman–Crippen MR) is 54.3 cm³/mol. The summed E-state index contributed by atoms with van der Waals surface area (Å²) in [6, 6.07) is 0. The summed E-state index contributed by atoms with van der Waals surface area (Å²) < 4.78 is 0. The zero-order valence-corrected chi connectivity index (χ0v) is 9.17. The van der Waals surface area contributed by atoms with E-state index in [0.717, 1.165) is 5.92 Å². The molecule has 0 nitrogen and oxygen atoms in total. The van der Waals surface area contributed by atoms with Crippen LogP contribution in [0.25, 0.3) is 0 Å². The van der Waals surface area contributed by atoms with Gasteiger partial charge < -0.3 is 0 Å². The third kappa shape index (κ3) is 2.06. The maximum Gasteiger partial charge on any atom is 0.0859 e. The van der Waals surface area contributed by atoms with Crippen molar-refractivity contribution in [1.29, 1.82) is 0 Å². The summed E-state index contributed by atoms with van der Waals surface area (Å²) >= 11 is 0. The van der Waals surface area contributed by atoms with Crippen LogP contribution in [0, 0.1) is 5.92 Å². The second-order valence-corrected chi connectivity index (χ2v) is 6.78. The Balaban J connectivity index is 2.65. The van der Waals surface area contributed by atoms with E-state index in [1.54, 1.807) is 10.8 Å². The first-order valence-electron chi connectivity index (χ1n) is 4.49. The highest BCUT2D eigenvalue weighted by Crippen LogP contribution is 2.23. The van der Waals surface area contributed by atoms with E-state index >= 15 is 0 Å². The summed E-state index contributed by atoms with van der Waals surface area (Å²) in [5.41, 5.74) is 4.06. The van der Waals surface area contributed by atoms with E-state index in [2.05, 4.69) is 39.1 Å². The molecule has 1 aliphatic rings. The first-order valence-corrected chi connectivity index (χ1v) is 6.89. The van der Waals surface area contributed by atoms with Gasteiger partial charge in [0.1, 0.15) is 0 Å². The van der Waals surface area contributed by atoms with Crippen molar-refractivity contribution in [3.05, 3.63) is 22.5 Å². The van der Waals surface area contributed by atoms with Crippen LogP contribution in [0.3, 0.4) is 0 Å². The van der Waals surface area contributed by atoms with Crippen LogP contribution in [0.2, 0.25) is 6.55 Å². The Kier molecular flexibility index (Phi) is 2.71. The van der Waals surface area contributed by atoms with Crippen LogP contribution >= 0.6 is 0 Å². The zero-order valence-electron chi connectivity index (χ0n) is 8.02. The van der Waals surface area contributed by atoms with E-state index in [1.165, 1.54) is 6.42 Å². The van der Waals surface area contributed by atoms with Crippen molar-refractivity contribution in [1.82, 2.24) is 0 Å². The van der Waals surface area contributed by atoms with Gasteiger partial charge in [-0.3, -0.25) is 0 Å². The van der Waals surface area contributed by atoms with Crippen molar-refractivity contribution in [2.24, 2.45) is 5.92 Å². The molecule has 1 aliphatic heterocycles. The smallest absolute Gasteiger partial charge is 0.0859 e. The number of hydrogen-bond donors (Lipinski definition) is 0. The van der Waals surface area contributed by atoms with Gasteiger partial charge in [0.25, 0.3) is 0 Å². The van der Waals surface area contributed by atoms with Gasteiger partial charge in [-0.2, -0.15) is 0 Å². The lowest BCUT2D eigenvalue weighted by Crippen LogP contribution is -2.02. The third-order valence-corrected chi connectivity index (χ3v) is 4.91. The van der Waals surface area contributed by atoms with Crippen molar-refractivity contribution in [3.63, 3.8) is 0 Å². The molecule has 0 aliphatic carbocycles. The SMILES string of the molecule is CC1=C(CC(C)C)C=C[SiH]1C. The lowest BCUT2D eigenvalue weighted by atomic mass is 10.0. The van der Waals surface area contributed by atoms with E-state index < -0.39 is 8.80 Å². The molecule has 0 fully saturated rings. The molecule has 0 aromatic rings. The van der Waals surface area contributed by atoms with Gasteiger partial charge in [-0.05, 0) is 19.3 Å². The molecule has 1 rings (SSSR count). The molecule has 0 N–H and O–H groups in total. The van der Waals surface area contributed by atoms with E-state index in [9.17, 15) is 0 Å². The molecule has 0 aromatic heterocycles. The fourth-order valence-electron chi connectivity index (χ4n) is 1.50. The van der Waals surface area contributed by atoms with Crippen molar-refractivity contribution in [2.45, 2.75) is 33.7 Å². The Labute approximate surface area is 71.6 Å². The summed E-state index contributed by atoms with van der Waals surface area (Å²) in [5.74, 6) is 0.809. The minimum absolute atomic E-state index is 0.561. The molecule has 0 saturated carbocycles. The molecular weight excluding hydrogens is 148 g/mol. The average Bonchev–Trinajstić information content (AvgIpc) is 2.18. The highest BCUT2D eigenvalue weighted by molar-refractivity contribution is 6.71. The summed E-state index contributed by atoms with van der Waals surface area (Å²) in [5, 5.41) is 1.71. The molecule has 62 valence electrons. The topological polar surface area (TPSA) is 0 Å². The lowest BCUT2D eigenvalue weighted by Gasteiger charge is -2.07. The van der Waals surface area contributed by atoms with E-state index in [0.29, 0.717) is 0 Å². The van der Waals surface area contributed by atoms with Gasteiger partial charge in [0.15, 0.2) is 0 Å². The van der Waals surface area contributed by atoms with Crippen LogP contribution in [0.1, 0.15) is 27.2 Å². The normalized spacial score (nSPS) is 23.9. The Morgan fingerprint density at radius 1 is 1.45 bits per heavy atom. The minimum atomic E-state index is -0.561. The first kappa shape index (κ1) is 8.79. The second-order valence-electron chi connectivity index (χ2n) is 3.95. The van der Waals surface area contributed by atoms with Gasteiger partial charge in [0.2, 0.25) is 0 Å². The number of hydrogen-bond acceptors (Lipinski definition) is 0. The lowest BCUT2D eigenvalue weighted by molar-refractivity contribution is 0.649. The van der Waals surface area contributed by atoms with Crippen molar-refractivity contribution in [2.75, 3.05) is 0 Å². The monoisotopic (exact) mass is 166 g/mol. The van der Waals surface area contributed by atoms with E-state index in [4.69, 9.17) is 0 Å². The van der Waals surface area contributed by atoms with Gasteiger partial charge in [-0.15, -0.1) is 0 Å². The summed E-state index contributed by atoms with van der Waals surface area (Å²) in [4.78, 5) is 0.